The van der Waals surface area contributed by atoms with E-state index in [0.717, 1.165) is 0 Å². The highest BCUT2D eigenvalue weighted by Gasteiger charge is 2.31. The molecule has 0 unspecified atom stereocenters. The van der Waals surface area contributed by atoms with Crippen molar-refractivity contribution in [1.29, 1.82) is 0 Å². The van der Waals surface area contributed by atoms with Gasteiger partial charge in [-0.2, -0.15) is 0 Å². The van der Waals surface area contributed by atoms with Crippen LogP contribution in [0, 0.1) is 11.8 Å². The fourth-order valence-corrected chi connectivity index (χ4v) is 1.46. The van der Waals surface area contributed by atoms with Gasteiger partial charge >= 0.3 is 12.1 Å². The summed E-state index contributed by atoms with van der Waals surface area (Å²) in [4.78, 5) is 23.5. The second-order valence-electron chi connectivity index (χ2n) is 4.24. The first-order chi connectivity index (χ1) is 7.00. The zero-order chi connectivity index (χ0) is 11.4. The van der Waals surface area contributed by atoms with E-state index >= 15 is 0 Å². The first kappa shape index (κ1) is 11.8. The molecule has 5 nitrogen and oxygen atoms in total. The number of hydrogen-bond donors (Lipinski definition) is 1. The molecule has 1 aliphatic rings. The highest BCUT2D eigenvalue weighted by molar-refractivity contribution is 5.74. The molecule has 1 rings (SSSR count). The first-order valence-electron chi connectivity index (χ1n) is 5.15. The van der Waals surface area contributed by atoms with Crippen molar-refractivity contribution in [1.82, 2.24) is 4.90 Å². The Morgan fingerprint density at radius 2 is 2.20 bits per heavy atom. The minimum Gasteiger partial charge on any atom is -0.481 e. The molecular formula is C10H17NO4. The zero-order valence-electron chi connectivity index (χ0n) is 9.10. The number of carbonyl (C=O) groups is 2. The molecule has 0 saturated carbocycles. The lowest BCUT2D eigenvalue weighted by atomic mass is 10.1. The van der Waals surface area contributed by atoms with Gasteiger partial charge in [-0.3, -0.25) is 4.79 Å². The summed E-state index contributed by atoms with van der Waals surface area (Å²) < 4.78 is 5.01. The van der Waals surface area contributed by atoms with Crippen LogP contribution >= 0.6 is 0 Å². The Balaban J connectivity index is 2.33. The number of rotatable bonds is 3. The number of amides is 1. The van der Waals surface area contributed by atoms with Crippen LogP contribution in [-0.2, 0) is 9.53 Å². The number of carbonyl (C=O) groups excluding carboxylic acids is 1. The Morgan fingerprint density at radius 3 is 2.67 bits per heavy atom. The first-order valence-corrected chi connectivity index (χ1v) is 5.15. The Bertz CT molecular complexity index is 252. The molecule has 0 aromatic carbocycles. The van der Waals surface area contributed by atoms with Crippen LogP contribution in [0.1, 0.15) is 20.3 Å². The van der Waals surface area contributed by atoms with Gasteiger partial charge in [0.2, 0.25) is 0 Å². The van der Waals surface area contributed by atoms with Crippen molar-refractivity contribution in [3.05, 3.63) is 0 Å². The number of likely N-dealkylation sites (tertiary alicyclic amines) is 1. The zero-order valence-corrected chi connectivity index (χ0v) is 9.10. The van der Waals surface area contributed by atoms with Gasteiger partial charge in [0.05, 0.1) is 12.5 Å². The molecule has 0 radical (unpaired) electrons. The largest absolute Gasteiger partial charge is 0.481 e. The summed E-state index contributed by atoms with van der Waals surface area (Å²) >= 11 is 0. The quantitative estimate of drug-likeness (QED) is 0.767. The second-order valence-corrected chi connectivity index (χ2v) is 4.24. The number of ether oxygens (including phenoxy) is 1. The van der Waals surface area contributed by atoms with E-state index in [2.05, 4.69) is 0 Å². The molecule has 0 spiro atoms. The fraction of sp³-hybridized carbons (Fsp3) is 0.800. The van der Waals surface area contributed by atoms with E-state index in [-0.39, 0.29) is 6.54 Å². The lowest BCUT2D eigenvalue weighted by Gasteiger charge is -2.16. The van der Waals surface area contributed by atoms with Crippen molar-refractivity contribution < 1.29 is 19.4 Å². The number of nitrogens with zero attached hydrogens (tertiary/aromatic N) is 1. The Hall–Kier alpha value is -1.26. The molecule has 15 heavy (non-hydrogen) atoms. The van der Waals surface area contributed by atoms with Crippen LogP contribution in [0.15, 0.2) is 0 Å². The van der Waals surface area contributed by atoms with Crippen molar-refractivity contribution in [3.8, 4) is 0 Å². The van der Waals surface area contributed by atoms with Gasteiger partial charge in [-0.15, -0.1) is 0 Å². The van der Waals surface area contributed by atoms with Gasteiger partial charge < -0.3 is 14.7 Å². The van der Waals surface area contributed by atoms with Gasteiger partial charge in [0, 0.05) is 13.1 Å². The Labute approximate surface area is 89.0 Å². The predicted molar refractivity (Wildman–Crippen MR) is 53.5 cm³/mol. The average Bonchev–Trinajstić information content (AvgIpc) is 2.62. The van der Waals surface area contributed by atoms with Crippen LogP contribution < -0.4 is 0 Å². The highest BCUT2D eigenvalue weighted by Crippen LogP contribution is 2.17. The van der Waals surface area contributed by atoms with Crippen molar-refractivity contribution in [2.75, 3.05) is 19.7 Å². The Kier molecular flexibility index (Phi) is 3.94. The molecule has 1 atom stereocenters. The molecule has 5 heteroatoms. The minimum atomic E-state index is -0.839. The van der Waals surface area contributed by atoms with Crippen molar-refractivity contribution in [2.24, 2.45) is 11.8 Å². The topological polar surface area (TPSA) is 66.8 Å². The number of carboxylic acids is 1. The molecule has 1 N–H and O–H groups in total. The van der Waals surface area contributed by atoms with Crippen LogP contribution in [0.2, 0.25) is 0 Å². The summed E-state index contributed by atoms with van der Waals surface area (Å²) in [5.41, 5.74) is 0. The minimum absolute atomic E-state index is 0.270. The van der Waals surface area contributed by atoms with Crippen LogP contribution in [0.5, 0.6) is 0 Å². The second kappa shape index (κ2) is 5.00. The number of aliphatic carboxylic acids is 1. The summed E-state index contributed by atoms with van der Waals surface area (Å²) in [7, 11) is 0. The molecule has 0 aromatic heterocycles. The SMILES string of the molecule is CC(C)COC(=O)N1CC[C@@H](C(=O)O)C1. The van der Waals surface area contributed by atoms with E-state index in [1.165, 1.54) is 4.90 Å². The molecule has 1 aliphatic heterocycles. The molecule has 86 valence electrons. The van der Waals surface area contributed by atoms with Gasteiger partial charge in [0.25, 0.3) is 0 Å². The average molecular weight is 215 g/mol. The molecule has 1 fully saturated rings. The molecular weight excluding hydrogens is 198 g/mol. The van der Waals surface area contributed by atoms with Crippen molar-refractivity contribution >= 4 is 12.1 Å². The monoisotopic (exact) mass is 215 g/mol. The molecule has 0 bridgehead atoms. The summed E-state index contributed by atoms with van der Waals surface area (Å²) in [6.07, 6.45) is 0.124. The molecule has 1 saturated heterocycles. The lowest BCUT2D eigenvalue weighted by molar-refractivity contribution is -0.141. The maximum atomic E-state index is 11.4. The Morgan fingerprint density at radius 1 is 1.53 bits per heavy atom. The fourth-order valence-electron chi connectivity index (χ4n) is 1.46. The maximum absolute atomic E-state index is 11.4. The summed E-state index contributed by atoms with van der Waals surface area (Å²) in [6.45, 7) is 5.04. The van der Waals surface area contributed by atoms with E-state index in [1.807, 2.05) is 13.8 Å². The van der Waals surface area contributed by atoms with Gasteiger partial charge in [-0.05, 0) is 12.3 Å². The summed E-state index contributed by atoms with van der Waals surface area (Å²) in [5, 5.41) is 8.75. The van der Waals surface area contributed by atoms with Crippen LogP contribution in [0.25, 0.3) is 0 Å². The van der Waals surface area contributed by atoms with Crippen molar-refractivity contribution in [2.45, 2.75) is 20.3 Å². The standard InChI is InChI=1S/C10H17NO4/c1-7(2)6-15-10(14)11-4-3-8(5-11)9(12)13/h7-8H,3-6H2,1-2H3,(H,12,13)/t8-/m1/s1. The summed E-state index contributed by atoms with van der Waals surface area (Å²) in [5.74, 6) is -0.974. The third kappa shape index (κ3) is 3.42. The van der Waals surface area contributed by atoms with Gasteiger partial charge in [-0.25, -0.2) is 4.79 Å². The molecule has 1 heterocycles. The number of carboxylic acid groups (broad SMARTS) is 1. The van der Waals surface area contributed by atoms with E-state index in [4.69, 9.17) is 9.84 Å². The molecule has 1 amide bonds. The van der Waals surface area contributed by atoms with Crippen LogP contribution in [0.3, 0.4) is 0 Å². The van der Waals surface area contributed by atoms with Gasteiger partial charge in [-0.1, -0.05) is 13.8 Å². The lowest BCUT2D eigenvalue weighted by Crippen LogP contribution is -2.31. The van der Waals surface area contributed by atoms with Gasteiger partial charge in [0.1, 0.15) is 0 Å². The smallest absolute Gasteiger partial charge is 0.409 e. The molecule has 0 aliphatic carbocycles. The third-order valence-electron chi connectivity index (χ3n) is 2.34. The van der Waals surface area contributed by atoms with Gasteiger partial charge in [0.15, 0.2) is 0 Å². The predicted octanol–water partition coefficient (Wildman–Crippen LogP) is 1.19. The van der Waals surface area contributed by atoms with E-state index in [9.17, 15) is 9.59 Å². The van der Waals surface area contributed by atoms with E-state index in [1.54, 1.807) is 0 Å². The third-order valence-corrected chi connectivity index (χ3v) is 2.34. The highest BCUT2D eigenvalue weighted by atomic mass is 16.6. The normalized spacial score (nSPS) is 20.7. The molecule has 0 aromatic rings. The van der Waals surface area contributed by atoms with Crippen molar-refractivity contribution in [3.63, 3.8) is 0 Å². The maximum Gasteiger partial charge on any atom is 0.409 e. The van der Waals surface area contributed by atoms with Crippen LogP contribution in [-0.4, -0.2) is 41.8 Å². The number of hydrogen-bond acceptors (Lipinski definition) is 3. The van der Waals surface area contributed by atoms with Crippen LogP contribution in [0.4, 0.5) is 4.79 Å². The summed E-state index contributed by atoms with van der Waals surface area (Å²) in [6, 6.07) is 0. The van der Waals surface area contributed by atoms with E-state index < -0.39 is 18.0 Å². The van der Waals surface area contributed by atoms with E-state index in [0.29, 0.717) is 25.5 Å².